The maximum absolute atomic E-state index is 12.2. The monoisotopic (exact) mass is 379 g/mol. The molecular weight excluding hydrogens is 366 g/mol. The Balaban J connectivity index is 2.19. The van der Waals surface area contributed by atoms with E-state index in [0.29, 0.717) is 16.9 Å². The summed E-state index contributed by atoms with van der Waals surface area (Å²) in [5.41, 5.74) is -0.0509. The number of hydrogen-bond donors (Lipinski definition) is 2. The molecule has 1 atom stereocenters. The van der Waals surface area contributed by atoms with Crippen molar-refractivity contribution in [2.75, 3.05) is 18.1 Å². The van der Waals surface area contributed by atoms with Crippen LogP contribution in [0.15, 0.2) is 27.6 Å². The number of thioether (sulfide) groups is 1. The van der Waals surface area contributed by atoms with Crippen molar-refractivity contribution in [2.24, 2.45) is 5.92 Å². The molecular formula is C12H14BrNO4S2. The number of carbonyl (C=O) groups is 1. The van der Waals surface area contributed by atoms with Crippen LogP contribution in [0, 0.1) is 5.92 Å². The summed E-state index contributed by atoms with van der Waals surface area (Å²) in [7, 11) is -3.70. The second-order valence-corrected chi connectivity index (χ2v) is 8.27. The second-order valence-electron chi connectivity index (χ2n) is 4.53. The zero-order chi connectivity index (χ0) is 14.8. The Kier molecular flexibility index (Phi) is 5.11. The first-order valence-electron chi connectivity index (χ1n) is 6.00. The molecule has 8 heteroatoms. The van der Waals surface area contributed by atoms with Gasteiger partial charge in [-0.25, -0.2) is 17.9 Å². The first kappa shape index (κ1) is 15.8. The quantitative estimate of drug-likeness (QED) is 0.818. The van der Waals surface area contributed by atoms with Gasteiger partial charge in [0.1, 0.15) is 0 Å². The minimum absolute atomic E-state index is 0.0388. The maximum atomic E-state index is 12.2. The summed E-state index contributed by atoms with van der Waals surface area (Å²) in [6.45, 7) is 0.388. The van der Waals surface area contributed by atoms with Gasteiger partial charge in [-0.15, -0.1) is 0 Å². The molecule has 20 heavy (non-hydrogen) atoms. The van der Waals surface area contributed by atoms with Crippen LogP contribution in [-0.4, -0.2) is 37.5 Å². The van der Waals surface area contributed by atoms with E-state index in [1.165, 1.54) is 12.1 Å². The van der Waals surface area contributed by atoms with Crippen LogP contribution >= 0.6 is 27.7 Å². The number of halogens is 1. The third-order valence-electron chi connectivity index (χ3n) is 3.05. The number of benzene rings is 1. The molecule has 0 radical (unpaired) electrons. The van der Waals surface area contributed by atoms with Crippen molar-refractivity contribution in [3.05, 3.63) is 28.2 Å². The van der Waals surface area contributed by atoms with Gasteiger partial charge in [-0.3, -0.25) is 0 Å². The highest BCUT2D eigenvalue weighted by molar-refractivity contribution is 9.10. The largest absolute Gasteiger partial charge is 0.478 e. The van der Waals surface area contributed by atoms with E-state index in [1.807, 2.05) is 11.8 Å². The lowest BCUT2D eigenvalue weighted by atomic mass is 10.1. The summed E-state index contributed by atoms with van der Waals surface area (Å²) < 4.78 is 27.4. The molecule has 0 bridgehead atoms. The summed E-state index contributed by atoms with van der Waals surface area (Å²) in [5, 5.41) is 8.94. The second kappa shape index (κ2) is 6.46. The molecule has 2 N–H and O–H groups in total. The molecule has 1 aliphatic rings. The Morgan fingerprint density at radius 3 is 2.85 bits per heavy atom. The van der Waals surface area contributed by atoms with E-state index in [9.17, 15) is 13.2 Å². The van der Waals surface area contributed by atoms with Crippen molar-refractivity contribution >= 4 is 43.7 Å². The Morgan fingerprint density at radius 1 is 1.50 bits per heavy atom. The molecule has 0 aliphatic carbocycles. The lowest BCUT2D eigenvalue weighted by Gasteiger charge is -2.12. The van der Waals surface area contributed by atoms with E-state index < -0.39 is 16.0 Å². The maximum Gasteiger partial charge on any atom is 0.335 e. The highest BCUT2D eigenvalue weighted by Crippen LogP contribution is 2.25. The van der Waals surface area contributed by atoms with Crippen molar-refractivity contribution < 1.29 is 18.3 Å². The van der Waals surface area contributed by atoms with E-state index in [2.05, 4.69) is 20.7 Å². The Morgan fingerprint density at radius 2 is 2.25 bits per heavy atom. The number of sulfonamides is 1. The highest BCUT2D eigenvalue weighted by atomic mass is 79.9. The summed E-state index contributed by atoms with van der Waals surface area (Å²) in [6, 6.07) is 3.96. The highest BCUT2D eigenvalue weighted by Gasteiger charge is 2.22. The molecule has 0 aromatic heterocycles. The third-order valence-corrected chi connectivity index (χ3v) is 6.70. The average molecular weight is 380 g/mol. The molecule has 5 nitrogen and oxygen atoms in total. The first-order valence-corrected chi connectivity index (χ1v) is 9.43. The smallest absolute Gasteiger partial charge is 0.335 e. The van der Waals surface area contributed by atoms with Crippen LogP contribution in [0.2, 0.25) is 0 Å². The molecule has 0 amide bonds. The van der Waals surface area contributed by atoms with Gasteiger partial charge < -0.3 is 5.11 Å². The van der Waals surface area contributed by atoms with E-state index in [4.69, 9.17) is 5.11 Å². The molecule has 0 saturated carbocycles. The normalized spacial score (nSPS) is 19.1. The predicted octanol–water partition coefficient (Wildman–Crippen LogP) is 2.18. The van der Waals surface area contributed by atoms with E-state index >= 15 is 0 Å². The van der Waals surface area contributed by atoms with Crippen LogP contribution in [0.1, 0.15) is 16.8 Å². The number of nitrogens with one attached hydrogen (secondary N) is 1. The fourth-order valence-electron chi connectivity index (χ4n) is 1.89. The van der Waals surface area contributed by atoms with E-state index in [0.717, 1.165) is 24.0 Å². The molecule has 1 saturated heterocycles. The minimum Gasteiger partial charge on any atom is -0.478 e. The third kappa shape index (κ3) is 3.75. The van der Waals surface area contributed by atoms with E-state index in [1.54, 1.807) is 0 Å². The summed E-state index contributed by atoms with van der Waals surface area (Å²) >= 11 is 4.97. The average Bonchev–Trinajstić information content (AvgIpc) is 2.89. The van der Waals surface area contributed by atoms with Gasteiger partial charge >= 0.3 is 5.97 Å². The van der Waals surface area contributed by atoms with Crippen molar-refractivity contribution in [2.45, 2.75) is 11.3 Å². The Hall–Kier alpha value is -0.570. The van der Waals surface area contributed by atoms with Crippen molar-refractivity contribution in [3.63, 3.8) is 0 Å². The molecule has 1 aromatic rings. The van der Waals surface area contributed by atoms with Gasteiger partial charge in [0.25, 0.3) is 0 Å². The molecule has 1 unspecified atom stereocenters. The van der Waals surface area contributed by atoms with Gasteiger partial charge in [0.2, 0.25) is 10.0 Å². The lowest BCUT2D eigenvalue weighted by molar-refractivity contribution is 0.0696. The number of rotatable bonds is 5. The van der Waals surface area contributed by atoms with Gasteiger partial charge in [0, 0.05) is 11.0 Å². The molecule has 1 heterocycles. The van der Waals surface area contributed by atoms with Gasteiger partial charge in [0.15, 0.2) is 0 Å². The molecule has 0 spiro atoms. The van der Waals surface area contributed by atoms with Crippen LogP contribution in [0.5, 0.6) is 0 Å². The number of hydrogen-bond acceptors (Lipinski definition) is 4. The summed E-state index contributed by atoms with van der Waals surface area (Å²) in [4.78, 5) is 10.9. The molecule has 110 valence electrons. The van der Waals surface area contributed by atoms with Crippen LogP contribution in [0.4, 0.5) is 0 Å². The summed E-state index contributed by atoms with van der Waals surface area (Å²) in [6.07, 6.45) is 1.00. The van der Waals surface area contributed by atoms with Gasteiger partial charge in [0.05, 0.1) is 10.5 Å². The summed E-state index contributed by atoms with van der Waals surface area (Å²) in [5.74, 6) is 1.21. The standard InChI is InChI=1S/C12H14BrNO4S2/c13-10-2-1-9(12(15)16)5-11(10)20(17,18)14-6-8-3-4-19-7-8/h1-2,5,8,14H,3-4,6-7H2,(H,15,16). The molecule has 1 fully saturated rings. The first-order chi connectivity index (χ1) is 9.40. The van der Waals surface area contributed by atoms with Gasteiger partial charge in [-0.1, -0.05) is 0 Å². The zero-order valence-corrected chi connectivity index (χ0v) is 13.7. The number of carboxylic acid groups (broad SMARTS) is 1. The Bertz CT molecular complexity index is 612. The van der Waals surface area contributed by atoms with Gasteiger partial charge in [-0.05, 0) is 58.0 Å². The number of aromatic carboxylic acids is 1. The Labute approximate surface area is 130 Å². The fourth-order valence-corrected chi connectivity index (χ4v) is 5.28. The lowest BCUT2D eigenvalue weighted by Crippen LogP contribution is -2.29. The van der Waals surface area contributed by atoms with Crippen molar-refractivity contribution in [3.8, 4) is 0 Å². The van der Waals surface area contributed by atoms with E-state index in [-0.39, 0.29) is 10.5 Å². The molecule has 1 aliphatic heterocycles. The zero-order valence-electron chi connectivity index (χ0n) is 10.5. The van der Waals surface area contributed by atoms with Crippen molar-refractivity contribution in [1.29, 1.82) is 0 Å². The van der Waals surface area contributed by atoms with Crippen LogP contribution in [0.3, 0.4) is 0 Å². The van der Waals surface area contributed by atoms with Crippen LogP contribution < -0.4 is 4.72 Å². The number of carboxylic acids is 1. The van der Waals surface area contributed by atoms with Crippen LogP contribution in [0.25, 0.3) is 0 Å². The minimum atomic E-state index is -3.70. The molecule has 2 rings (SSSR count). The predicted molar refractivity (Wildman–Crippen MR) is 81.7 cm³/mol. The van der Waals surface area contributed by atoms with Crippen molar-refractivity contribution in [1.82, 2.24) is 4.72 Å². The fraction of sp³-hybridized carbons (Fsp3) is 0.417. The SMILES string of the molecule is O=C(O)c1ccc(Br)c(S(=O)(=O)NCC2CCSC2)c1. The topological polar surface area (TPSA) is 83.5 Å². The molecule has 1 aromatic carbocycles. The van der Waals surface area contributed by atoms with Gasteiger partial charge in [-0.2, -0.15) is 11.8 Å². The van der Waals surface area contributed by atoms with Crippen LogP contribution in [-0.2, 0) is 10.0 Å².